The summed E-state index contributed by atoms with van der Waals surface area (Å²) in [4.78, 5) is 5.29. The molecule has 1 N–H and O–H groups in total. The highest BCUT2D eigenvalue weighted by Gasteiger charge is 2.24. The van der Waals surface area contributed by atoms with Gasteiger partial charge < -0.3 is 10.2 Å². The molecule has 100 valence electrons. The van der Waals surface area contributed by atoms with Crippen LogP contribution in [-0.4, -0.2) is 62.2 Å². The van der Waals surface area contributed by atoms with Crippen LogP contribution in [0.2, 0.25) is 0 Å². The van der Waals surface area contributed by atoms with E-state index in [-0.39, 0.29) is 0 Å². The van der Waals surface area contributed by atoms with Crippen LogP contribution in [0.25, 0.3) is 0 Å². The summed E-state index contributed by atoms with van der Waals surface area (Å²) in [7, 11) is 2.27. The molecular weight excluding hydrogens is 210 g/mol. The summed E-state index contributed by atoms with van der Waals surface area (Å²) < 4.78 is 0. The van der Waals surface area contributed by atoms with Crippen LogP contribution in [0.5, 0.6) is 0 Å². The minimum atomic E-state index is 0.789. The topological polar surface area (TPSA) is 18.5 Å². The Hall–Kier alpha value is -0.120. The van der Waals surface area contributed by atoms with E-state index in [0.717, 1.165) is 12.0 Å². The van der Waals surface area contributed by atoms with Gasteiger partial charge in [0.05, 0.1) is 0 Å². The highest BCUT2D eigenvalue weighted by molar-refractivity contribution is 4.81. The van der Waals surface area contributed by atoms with E-state index in [1.54, 1.807) is 0 Å². The Balaban J connectivity index is 1.87. The number of nitrogens with zero attached hydrogens (tertiary/aromatic N) is 2. The quantitative estimate of drug-likeness (QED) is 0.803. The number of rotatable bonds is 3. The summed E-state index contributed by atoms with van der Waals surface area (Å²) in [5, 5.41) is 3.47. The van der Waals surface area contributed by atoms with Gasteiger partial charge in [0.2, 0.25) is 0 Å². The maximum absolute atomic E-state index is 3.47. The first kappa shape index (κ1) is 13.3. The number of nitrogens with one attached hydrogen (secondary N) is 1. The molecule has 2 saturated heterocycles. The fourth-order valence-electron chi connectivity index (χ4n) is 3.32. The molecule has 0 bridgehead atoms. The van der Waals surface area contributed by atoms with Gasteiger partial charge in [-0.3, -0.25) is 4.90 Å². The van der Waals surface area contributed by atoms with Gasteiger partial charge in [-0.05, 0) is 64.8 Å². The number of hydrogen-bond acceptors (Lipinski definition) is 3. The van der Waals surface area contributed by atoms with Gasteiger partial charge >= 0.3 is 0 Å². The summed E-state index contributed by atoms with van der Waals surface area (Å²) >= 11 is 0. The Kier molecular flexibility index (Phi) is 5.26. The van der Waals surface area contributed by atoms with Gasteiger partial charge in [-0.2, -0.15) is 0 Å². The van der Waals surface area contributed by atoms with Crippen molar-refractivity contribution < 1.29 is 0 Å². The summed E-state index contributed by atoms with van der Waals surface area (Å²) in [6, 6.07) is 0.789. The Morgan fingerprint density at radius 2 is 1.94 bits per heavy atom. The van der Waals surface area contributed by atoms with Gasteiger partial charge in [0.1, 0.15) is 0 Å². The smallest absolute Gasteiger partial charge is 0.0220 e. The van der Waals surface area contributed by atoms with Crippen LogP contribution in [0.4, 0.5) is 0 Å². The largest absolute Gasteiger partial charge is 0.317 e. The van der Waals surface area contributed by atoms with Crippen molar-refractivity contribution in [1.82, 2.24) is 15.1 Å². The summed E-state index contributed by atoms with van der Waals surface area (Å²) in [6.07, 6.45) is 5.40. The zero-order valence-corrected chi connectivity index (χ0v) is 11.6. The Morgan fingerprint density at radius 3 is 2.65 bits per heavy atom. The molecule has 0 aromatic heterocycles. The van der Waals surface area contributed by atoms with Crippen molar-refractivity contribution >= 4 is 0 Å². The zero-order chi connectivity index (χ0) is 12.1. The third-order valence-corrected chi connectivity index (χ3v) is 4.45. The van der Waals surface area contributed by atoms with Gasteiger partial charge in [-0.1, -0.05) is 6.92 Å². The summed E-state index contributed by atoms with van der Waals surface area (Å²) in [6.45, 7) is 10.0. The van der Waals surface area contributed by atoms with Crippen LogP contribution >= 0.6 is 0 Å². The van der Waals surface area contributed by atoms with E-state index in [1.807, 2.05) is 0 Å². The number of likely N-dealkylation sites (N-methyl/N-ethyl adjacent to an activating group) is 1. The van der Waals surface area contributed by atoms with Crippen molar-refractivity contribution in [2.24, 2.45) is 5.92 Å². The fourth-order valence-corrected chi connectivity index (χ4v) is 3.32. The molecule has 0 saturated carbocycles. The molecule has 0 aliphatic carbocycles. The van der Waals surface area contributed by atoms with E-state index in [4.69, 9.17) is 0 Å². The van der Waals surface area contributed by atoms with Crippen LogP contribution < -0.4 is 5.32 Å². The van der Waals surface area contributed by atoms with E-state index in [2.05, 4.69) is 29.1 Å². The van der Waals surface area contributed by atoms with E-state index in [0.29, 0.717) is 0 Å². The van der Waals surface area contributed by atoms with Crippen molar-refractivity contribution in [2.45, 2.75) is 38.6 Å². The molecule has 1 atom stereocenters. The SMILES string of the molecule is CCC1CN(C)CCCN1CC1CCNCC1. The van der Waals surface area contributed by atoms with Crippen LogP contribution in [-0.2, 0) is 0 Å². The van der Waals surface area contributed by atoms with Gasteiger partial charge in [0.15, 0.2) is 0 Å². The van der Waals surface area contributed by atoms with Crippen LogP contribution in [0.3, 0.4) is 0 Å². The average molecular weight is 239 g/mol. The zero-order valence-electron chi connectivity index (χ0n) is 11.6. The van der Waals surface area contributed by atoms with E-state index < -0.39 is 0 Å². The van der Waals surface area contributed by atoms with Gasteiger partial charge in [-0.25, -0.2) is 0 Å². The normalized spacial score (nSPS) is 30.4. The lowest BCUT2D eigenvalue weighted by molar-refractivity contribution is 0.145. The van der Waals surface area contributed by atoms with E-state index in [1.165, 1.54) is 65.0 Å². The Labute approximate surface area is 107 Å². The van der Waals surface area contributed by atoms with Crippen LogP contribution in [0, 0.1) is 5.92 Å². The monoisotopic (exact) mass is 239 g/mol. The van der Waals surface area contributed by atoms with Crippen molar-refractivity contribution in [3.63, 3.8) is 0 Å². The molecule has 0 aromatic carbocycles. The molecular formula is C14H29N3. The Bertz CT molecular complexity index is 214. The maximum atomic E-state index is 3.47. The predicted molar refractivity (Wildman–Crippen MR) is 73.4 cm³/mol. The van der Waals surface area contributed by atoms with Crippen LogP contribution in [0.15, 0.2) is 0 Å². The van der Waals surface area contributed by atoms with E-state index in [9.17, 15) is 0 Å². The second kappa shape index (κ2) is 6.72. The molecule has 2 aliphatic heterocycles. The fraction of sp³-hybridized carbons (Fsp3) is 1.00. The van der Waals surface area contributed by atoms with Gasteiger partial charge in [-0.15, -0.1) is 0 Å². The van der Waals surface area contributed by atoms with Crippen molar-refractivity contribution in [2.75, 3.05) is 46.3 Å². The molecule has 2 rings (SSSR count). The number of piperidine rings is 1. The standard InChI is InChI=1S/C14H29N3/c1-3-14-12-16(2)9-4-10-17(14)11-13-5-7-15-8-6-13/h13-15H,3-12H2,1-2H3. The molecule has 2 heterocycles. The molecule has 0 aromatic rings. The second-order valence-electron chi connectivity index (χ2n) is 5.87. The summed E-state index contributed by atoms with van der Waals surface area (Å²) in [5.41, 5.74) is 0. The van der Waals surface area contributed by atoms with Crippen molar-refractivity contribution in [3.8, 4) is 0 Å². The molecule has 0 amide bonds. The predicted octanol–water partition coefficient (Wildman–Crippen LogP) is 1.40. The molecule has 0 radical (unpaired) electrons. The van der Waals surface area contributed by atoms with Crippen molar-refractivity contribution in [3.05, 3.63) is 0 Å². The molecule has 1 unspecified atom stereocenters. The maximum Gasteiger partial charge on any atom is 0.0220 e. The lowest BCUT2D eigenvalue weighted by Gasteiger charge is -2.34. The number of hydrogen-bond donors (Lipinski definition) is 1. The highest BCUT2D eigenvalue weighted by Crippen LogP contribution is 2.18. The molecule has 0 spiro atoms. The third kappa shape index (κ3) is 3.94. The third-order valence-electron chi connectivity index (χ3n) is 4.45. The lowest BCUT2D eigenvalue weighted by atomic mass is 9.96. The first-order valence-corrected chi connectivity index (χ1v) is 7.43. The molecule has 2 aliphatic rings. The van der Waals surface area contributed by atoms with Gasteiger partial charge in [0, 0.05) is 19.1 Å². The van der Waals surface area contributed by atoms with Crippen molar-refractivity contribution in [1.29, 1.82) is 0 Å². The minimum Gasteiger partial charge on any atom is -0.317 e. The molecule has 3 nitrogen and oxygen atoms in total. The van der Waals surface area contributed by atoms with Crippen LogP contribution in [0.1, 0.15) is 32.6 Å². The molecule has 3 heteroatoms. The lowest BCUT2D eigenvalue weighted by Crippen LogP contribution is -2.44. The van der Waals surface area contributed by atoms with E-state index >= 15 is 0 Å². The molecule has 17 heavy (non-hydrogen) atoms. The minimum absolute atomic E-state index is 0.789. The first-order valence-electron chi connectivity index (χ1n) is 7.43. The summed E-state index contributed by atoms with van der Waals surface area (Å²) in [5.74, 6) is 0.939. The Morgan fingerprint density at radius 1 is 1.18 bits per heavy atom. The first-order chi connectivity index (χ1) is 8.29. The molecule has 2 fully saturated rings. The second-order valence-corrected chi connectivity index (χ2v) is 5.87. The average Bonchev–Trinajstić information content (AvgIpc) is 2.52. The van der Waals surface area contributed by atoms with Gasteiger partial charge in [0.25, 0.3) is 0 Å². The highest BCUT2D eigenvalue weighted by atomic mass is 15.2.